The van der Waals surface area contributed by atoms with Gasteiger partial charge in [-0.25, -0.2) is 13.2 Å². The molecule has 2 rings (SSSR count). The third kappa shape index (κ3) is 3.43. The van der Waals surface area contributed by atoms with Gasteiger partial charge in [-0.3, -0.25) is 4.72 Å². The topological polar surface area (TPSA) is 72.5 Å². The van der Waals surface area contributed by atoms with E-state index in [1.54, 1.807) is 0 Å². The van der Waals surface area contributed by atoms with Crippen LogP contribution in [0.2, 0.25) is 0 Å². The van der Waals surface area contributed by atoms with Crippen molar-refractivity contribution in [2.45, 2.75) is 6.92 Å². The maximum Gasteiger partial charge on any atom is 0.341 e. The van der Waals surface area contributed by atoms with Gasteiger partial charge in [-0.1, -0.05) is 30.3 Å². The van der Waals surface area contributed by atoms with Crippen LogP contribution in [0.4, 0.5) is 5.00 Å². The van der Waals surface area contributed by atoms with Crippen LogP contribution in [0.3, 0.4) is 0 Å². The highest BCUT2D eigenvalue weighted by molar-refractivity contribution is 7.92. The monoisotopic (exact) mass is 325 g/mol. The van der Waals surface area contributed by atoms with Gasteiger partial charge in [0.15, 0.2) is 0 Å². The first-order chi connectivity index (χ1) is 9.83. The Labute approximate surface area is 127 Å². The van der Waals surface area contributed by atoms with Crippen molar-refractivity contribution >= 4 is 32.3 Å². The summed E-state index contributed by atoms with van der Waals surface area (Å²) in [4.78, 5) is 12.9. The molecule has 21 heavy (non-hydrogen) atoms. The Kier molecular flexibility index (Phi) is 4.34. The minimum Gasteiger partial charge on any atom is -0.465 e. The third-order valence-corrected chi connectivity index (χ3v) is 4.54. The molecule has 0 aliphatic heterocycles. The van der Waals surface area contributed by atoms with Crippen LogP contribution in [-0.2, 0) is 14.8 Å². The number of benzene rings is 1. The number of hydrogen-bond donors (Lipinski definition) is 1. The number of carbonyl (C=O) groups is 1. The molecule has 1 heterocycles. The lowest BCUT2D eigenvalue weighted by Gasteiger charge is -2.07. The van der Waals surface area contributed by atoms with E-state index < -0.39 is 16.0 Å². The zero-order valence-corrected chi connectivity index (χ0v) is 13.5. The normalized spacial score (nSPS) is 11.2. The van der Waals surface area contributed by atoms with Gasteiger partial charge in [0.25, 0.3) is 0 Å². The fraction of sp³-hybridized carbons (Fsp3) is 0.214. The van der Waals surface area contributed by atoms with Gasteiger partial charge in [-0.15, -0.1) is 11.3 Å². The maximum absolute atomic E-state index is 12.1. The highest BCUT2D eigenvalue weighted by Gasteiger charge is 2.25. The maximum atomic E-state index is 12.1. The van der Waals surface area contributed by atoms with Crippen molar-refractivity contribution in [3.63, 3.8) is 0 Å². The molecular formula is C14H15NO4S2. The number of esters is 1. The fourth-order valence-corrected chi connectivity index (χ4v) is 4.01. The average molecular weight is 325 g/mol. The Hall–Kier alpha value is -1.86. The first-order valence-corrected chi connectivity index (χ1v) is 8.79. The summed E-state index contributed by atoms with van der Waals surface area (Å²) in [5.41, 5.74) is 1.78. The summed E-state index contributed by atoms with van der Waals surface area (Å²) in [6, 6.07) is 9.32. The molecular weight excluding hydrogens is 310 g/mol. The lowest BCUT2D eigenvalue weighted by molar-refractivity contribution is 0.0603. The van der Waals surface area contributed by atoms with E-state index in [4.69, 9.17) is 4.74 Å². The molecule has 5 nitrogen and oxygen atoms in total. The molecule has 0 amide bonds. The lowest BCUT2D eigenvalue weighted by Crippen LogP contribution is -2.12. The van der Waals surface area contributed by atoms with Crippen LogP contribution >= 0.6 is 11.3 Å². The molecule has 7 heteroatoms. The molecule has 0 radical (unpaired) electrons. The van der Waals surface area contributed by atoms with Crippen molar-refractivity contribution in [2.75, 3.05) is 18.1 Å². The second-order valence-corrected chi connectivity index (χ2v) is 7.44. The van der Waals surface area contributed by atoms with Gasteiger partial charge in [0.1, 0.15) is 10.6 Å². The van der Waals surface area contributed by atoms with E-state index in [0.717, 1.165) is 16.7 Å². The summed E-state index contributed by atoms with van der Waals surface area (Å²) in [6.45, 7) is 1.84. The van der Waals surface area contributed by atoms with E-state index in [9.17, 15) is 13.2 Å². The molecule has 2 aromatic rings. The van der Waals surface area contributed by atoms with Crippen molar-refractivity contribution in [1.29, 1.82) is 0 Å². The van der Waals surface area contributed by atoms with Crippen LogP contribution in [0.5, 0.6) is 0 Å². The molecule has 0 aliphatic rings. The number of methoxy groups -OCH3 is 1. The molecule has 0 saturated heterocycles. The molecule has 0 atom stereocenters. The number of nitrogens with one attached hydrogen (secondary N) is 1. The van der Waals surface area contributed by atoms with E-state index >= 15 is 0 Å². The Morgan fingerprint density at radius 2 is 1.86 bits per heavy atom. The van der Waals surface area contributed by atoms with Crippen molar-refractivity contribution < 1.29 is 17.9 Å². The Morgan fingerprint density at radius 3 is 2.38 bits per heavy atom. The lowest BCUT2D eigenvalue weighted by atomic mass is 10.0. The van der Waals surface area contributed by atoms with Gasteiger partial charge in [0.05, 0.1) is 13.4 Å². The number of hydrogen-bond acceptors (Lipinski definition) is 5. The molecule has 0 spiro atoms. The number of carbonyl (C=O) groups excluding carboxylic acids is 1. The second-order valence-electron chi connectivity index (χ2n) is 4.47. The Bertz CT molecular complexity index is 764. The summed E-state index contributed by atoms with van der Waals surface area (Å²) in [6.07, 6.45) is 1.05. The Balaban J connectivity index is 2.68. The first kappa shape index (κ1) is 15.5. The van der Waals surface area contributed by atoms with Crippen LogP contribution in [0, 0.1) is 6.92 Å². The van der Waals surface area contributed by atoms with Gasteiger partial charge in [0.2, 0.25) is 10.0 Å². The number of thiophene rings is 1. The molecule has 1 aromatic heterocycles. The van der Waals surface area contributed by atoms with E-state index in [1.165, 1.54) is 18.4 Å². The zero-order valence-electron chi connectivity index (χ0n) is 11.8. The second kappa shape index (κ2) is 5.87. The van der Waals surface area contributed by atoms with E-state index in [0.29, 0.717) is 5.56 Å². The van der Waals surface area contributed by atoms with Crippen LogP contribution in [0.1, 0.15) is 15.2 Å². The standard InChI is InChI=1S/C14H15NO4S2/c1-9-11(10-7-5-4-6-8-10)12(14(16)19-2)13(20-9)15-21(3,17)18/h4-8,15H,1-3H3. The van der Waals surface area contributed by atoms with Crippen LogP contribution in [-0.4, -0.2) is 27.8 Å². The first-order valence-electron chi connectivity index (χ1n) is 6.08. The summed E-state index contributed by atoms with van der Waals surface area (Å²) in [5.74, 6) is -0.565. The summed E-state index contributed by atoms with van der Waals surface area (Å²) in [5, 5.41) is 0.278. The van der Waals surface area contributed by atoms with E-state index in [2.05, 4.69) is 4.72 Å². The minimum atomic E-state index is -3.47. The van der Waals surface area contributed by atoms with E-state index in [1.807, 2.05) is 37.3 Å². The molecule has 0 saturated carbocycles. The van der Waals surface area contributed by atoms with Crippen LogP contribution in [0.25, 0.3) is 11.1 Å². The van der Waals surface area contributed by atoms with Crippen molar-refractivity contribution in [2.24, 2.45) is 0 Å². The van der Waals surface area contributed by atoms with E-state index in [-0.39, 0.29) is 10.6 Å². The molecule has 0 fully saturated rings. The van der Waals surface area contributed by atoms with Gasteiger partial charge in [-0.2, -0.15) is 0 Å². The average Bonchev–Trinajstić information content (AvgIpc) is 2.73. The molecule has 0 bridgehead atoms. The number of aryl methyl sites for hydroxylation is 1. The van der Waals surface area contributed by atoms with Crippen molar-refractivity contribution in [3.8, 4) is 11.1 Å². The highest BCUT2D eigenvalue weighted by atomic mass is 32.2. The summed E-state index contributed by atoms with van der Waals surface area (Å²) >= 11 is 1.22. The number of ether oxygens (including phenoxy) is 1. The van der Waals surface area contributed by atoms with Gasteiger partial charge in [0, 0.05) is 10.4 Å². The zero-order chi connectivity index (χ0) is 15.6. The molecule has 1 N–H and O–H groups in total. The van der Waals surface area contributed by atoms with Crippen LogP contribution in [0.15, 0.2) is 30.3 Å². The minimum absolute atomic E-state index is 0.247. The van der Waals surface area contributed by atoms with Gasteiger partial charge in [-0.05, 0) is 12.5 Å². The molecule has 0 unspecified atom stereocenters. The van der Waals surface area contributed by atoms with Crippen LogP contribution < -0.4 is 4.72 Å². The van der Waals surface area contributed by atoms with Gasteiger partial charge < -0.3 is 4.74 Å². The molecule has 1 aromatic carbocycles. The predicted molar refractivity (Wildman–Crippen MR) is 84.3 cm³/mol. The third-order valence-electron chi connectivity index (χ3n) is 2.81. The molecule has 112 valence electrons. The summed E-state index contributed by atoms with van der Waals surface area (Å²) < 4.78 is 30.1. The number of anilines is 1. The Morgan fingerprint density at radius 1 is 1.24 bits per heavy atom. The largest absolute Gasteiger partial charge is 0.465 e. The smallest absolute Gasteiger partial charge is 0.341 e. The predicted octanol–water partition coefficient (Wildman–Crippen LogP) is 2.88. The van der Waals surface area contributed by atoms with Gasteiger partial charge >= 0.3 is 5.97 Å². The summed E-state index contributed by atoms with van der Waals surface area (Å²) in [7, 11) is -2.20. The highest BCUT2D eigenvalue weighted by Crippen LogP contribution is 2.40. The number of sulfonamides is 1. The molecule has 0 aliphatic carbocycles. The SMILES string of the molecule is COC(=O)c1c(NS(C)(=O)=O)sc(C)c1-c1ccccc1. The fourth-order valence-electron chi connectivity index (χ4n) is 2.03. The van der Waals surface area contributed by atoms with Crippen molar-refractivity contribution in [1.82, 2.24) is 0 Å². The number of rotatable bonds is 4. The van der Waals surface area contributed by atoms with Crippen molar-refractivity contribution in [3.05, 3.63) is 40.8 Å². The quantitative estimate of drug-likeness (QED) is 0.877.